The van der Waals surface area contributed by atoms with Crippen molar-refractivity contribution in [3.63, 3.8) is 0 Å². The van der Waals surface area contributed by atoms with E-state index >= 15 is 0 Å². The van der Waals surface area contributed by atoms with Crippen molar-refractivity contribution in [2.45, 2.75) is 64.4 Å². The van der Waals surface area contributed by atoms with Gasteiger partial charge in [0.25, 0.3) is 0 Å². The van der Waals surface area contributed by atoms with Gasteiger partial charge in [0.15, 0.2) is 0 Å². The van der Waals surface area contributed by atoms with Crippen LogP contribution >= 0.6 is 0 Å². The average Bonchev–Trinajstić information content (AvgIpc) is 2.56. The Kier molecular flexibility index (Phi) is 5.49. The van der Waals surface area contributed by atoms with E-state index in [2.05, 4.69) is 30.4 Å². The minimum absolute atomic E-state index is 0.453. The highest BCUT2D eigenvalue weighted by Crippen LogP contribution is 2.21. The molecule has 0 saturated heterocycles. The number of ether oxygens (including phenoxy) is 1. The van der Waals surface area contributed by atoms with E-state index in [1.807, 2.05) is 0 Å². The van der Waals surface area contributed by atoms with Crippen LogP contribution in [0, 0.1) is 0 Å². The molecule has 2 heterocycles. The van der Waals surface area contributed by atoms with E-state index in [1.54, 1.807) is 0 Å². The van der Waals surface area contributed by atoms with Crippen LogP contribution in [0.25, 0.3) is 0 Å². The maximum Gasteiger partial charge on any atom is 0.129 e. The van der Waals surface area contributed by atoms with Gasteiger partial charge in [-0.05, 0) is 69.9 Å². The molecule has 0 saturated carbocycles. The SMILES string of the molecule is CC1=CC[C@H](OCCCCc2ccc3c(n2)NCCC3)CC1. The minimum atomic E-state index is 0.453. The summed E-state index contributed by atoms with van der Waals surface area (Å²) in [6.45, 7) is 4.17. The Morgan fingerprint density at radius 2 is 2.23 bits per heavy atom. The van der Waals surface area contributed by atoms with Crippen molar-refractivity contribution in [1.29, 1.82) is 0 Å². The molecular formula is C19H28N2O. The van der Waals surface area contributed by atoms with Crippen LogP contribution in [0.3, 0.4) is 0 Å². The monoisotopic (exact) mass is 300 g/mol. The fraction of sp³-hybridized carbons (Fsp3) is 0.632. The quantitative estimate of drug-likeness (QED) is 0.629. The largest absolute Gasteiger partial charge is 0.378 e. The molecule has 120 valence electrons. The molecule has 0 bridgehead atoms. The summed E-state index contributed by atoms with van der Waals surface area (Å²) in [5.41, 5.74) is 4.11. The Hall–Kier alpha value is -1.35. The van der Waals surface area contributed by atoms with Crippen molar-refractivity contribution in [1.82, 2.24) is 4.98 Å². The Bertz CT molecular complexity index is 524. The van der Waals surface area contributed by atoms with Crippen molar-refractivity contribution >= 4 is 5.82 Å². The summed E-state index contributed by atoms with van der Waals surface area (Å²) < 4.78 is 5.98. The first-order chi connectivity index (χ1) is 10.8. The van der Waals surface area contributed by atoms with Gasteiger partial charge in [-0.2, -0.15) is 0 Å². The van der Waals surface area contributed by atoms with Gasteiger partial charge < -0.3 is 10.1 Å². The number of unbranched alkanes of at least 4 members (excludes halogenated alkanes) is 1. The van der Waals surface area contributed by atoms with Crippen LogP contribution in [0.2, 0.25) is 0 Å². The lowest BCUT2D eigenvalue weighted by atomic mass is 9.98. The molecule has 3 rings (SSSR count). The highest BCUT2D eigenvalue weighted by Gasteiger charge is 2.13. The first-order valence-electron chi connectivity index (χ1n) is 8.81. The van der Waals surface area contributed by atoms with Gasteiger partial charge in [0, 0.05) is 18.8 Å². The second-order valence-corrected chi connectivity index (χ2v) is 6.62. The Morgan fingerprint density at radius 3 is 3.09 bits per heavy atom. The number of nitrogens with zero attached hydrogens (tertiary/aromatic N) is 1. The third-order valence-corrected chi connectivity index (χ3v) is 4.72. The number of pyridine rings is 1. The number of fused-ring (bicyclic) bond motifs is 1. The van der Waals surface area contributed by atoms with Gasteiger partial charge in [0.05, 0.1) is 6.10 Å². The zero-order chi connectivity index (χ0) is 15.2. The van der Waals surface area contributed by atoms with Crippen molar-refractivity contribution < 1.29 is 4.74 Å². The number of rotatable bonds is 6. The van der Waals surface area contributed by atoms with Gasteiger partial charge in [-0.15, -0.1) is 0 Å². The Labute approximate surface area is 134 Å². The standard InChI is InChI=1S/C19H28N2O/c1-15-7-11-18(12-8-15)22-14-3-2-6-17-10-9-16-5-4-13-20-19(16)21-17/h7,9-10,18H,2-6,8,11-14H2,1H3,(H,20,21)/t18-/m0/s1. The minimum Gasteiger partial charge on any atom is -0.378 e. The number of anilines is 1. The molecule has 3 nitrogen and oxygen atoms in total. The third kappa shape index (κ3) is 4.33. The van der Waals surface area contributed by atoms with Gasteiger partial charge >= 0.3 is 0 Å². The van der Waals surface area contributed by atoms with Crippen LogP contribution in [-0.2, 0) is 17.6 Å². The molecule has 2 aliphatic rings. The molecule has 0 aromatic carbocycles. The summed E-state index contributed by atoms with van der Waals surface area (Å²) in [7, 11) is 0. The smallest absolute Gasteiger partial charge is 0.129 e. The average molecular weight is 300 g/mol. The predicted octanol–water partition coefficient (Wildman–Crippen LogP) is 4.28. The molecule has 0 spiro atoms. The van der Waals surface area contributed by atoms with Gasteiger partial charge in [0.2, 0.25) is 0 Å². The van der Waals surface area contributed by atoms with Gasteiger partial charge in [-0.1, -0.05) is 17.7 Å². The number of hydrogen-bond donors (Lipinski definition) is 1. The summed E-state index contributed by atoms with van der Waals surface area (Å²) in [6, 6.07) is 4.44. The lowest BCUT2D eigenvalue weighted by Gasteiger charge is -2.21. The maximum atomic E-state index is 5.98. The maximum absolute atomic E-state index is 5.98. The zero-order valence-electron chi connectivity index (χ0n) is 13.7. The topological polar surface area (TPSA) is 34.1 Å². The number of hydrogen-bond acceptors (Lipinski definition) is 3. The number of nitrogens with one attached hydrogen (secondary N) is 1. The Balaban J connectivity index is 1.35. The molecule has 1 aliphatic carbocycles. The van der Waals surface area contributed by atoms with E-state index in [0.29, 0.717) is 6.10 Å². The first kappa shape index (κ1) is 15.5. The summed E-state index contributed by atoms with van der Waals surface area (Å²) in [6.07, 6.45) is 12.0. The molecule has 0 amide bonds. The molecule has 0 unspecified atom stereocenters. The second kappa shape index (κ2) is 7.77. The van der Waals surface area contributed by atoms with E-state index in [9.17, 15) is 0 Å². The fourth-order valence-electron chi connectivity index (χ4n) is 3.26. The molecule has 1 aromatic rings. The van der Waals surface area contributed by atoms with Gasteiger partial charge in [0.1, 0.15) is 5.82 Å². The van der Waals surface area contributed by atoms with Crippen molar-refractivity contribution in [2.75, 3.05) is 18.5 Å². The summed E-state index contributed by atoms with van der Waals surface area (Å²) >= 11 is 0. The fourth-order valence-corrected chi connectivity index (χ4v) is 3.26. The highest BCUT2D eigenvalue weighted by atomic mass is 16.5. The van der Waals surface area contributed by atoms with Crippen LogP contribution in [0.15, 0.2) is 23.8 Å². The van der Waals surface area contributed by atoms with E-state index in [0.717, 1.165) is 44.7 Å². The summed E-state index contributed by atoms with van der Waals surface area (Å²) in [5.74, 6) is 1.12. The highest BCUT2D eigenvalue weighted by molar-refractivity contribution is 5.46. The van der Waals surface area contributed by atoms with Gasteiger partial charge in [-0.25, -0.2) is 4.98 Å². The molecular weight excluding hydrogens is 272 g/mol. The van der Waals surface area contributed by atoms with E-state index < -0.39 is 0 Å². The molecule has 1 atom stereocenters. The van der Waals surface area contributed by atoms with E-state index in [1.165, 1.54) is 42.5 Å². The number of aromatic nitrogens is 1. The summed E-state index contributed by atoms with van der Waals surface area (Å²) in [5, 5.41) is 3.41. The third-order valence-electron chi connectivity index (χ3n) is 4.72. The zero-order valence-corrected chi connectivity index (χ0v) is 13.7. The second-order valence-electron chi connectivity index (χ2n) is 6.62. The van der Waals surface area contributed by atoms with Crippen molar-refractivity contribution in [3.05, 3.63) is 35.0 Å². The number of aryl methyl sites for hydroxylation is 2. The molecule has 1 aliphatic heterocycles. The van der Waals surface area contributed by atoms with Crippen LogP contribution in [-0.4, -0.2) is 24.2 Å². The van der Waals surface area contributed by atoms with Crippen molar-refractivity contribution in [2.24, 2.45) is 0 Å². The van der Waals surface area contributed by atoms with Crippen LogP contribution in [0.5, 0.6) is 0 Å². The molecule has 0 fully saturated rings. The van der Waals surface area contributed by atoms with Crippen molar-refractivity contribution in [3.8, 4) is 0 Å². The molecule has 3 heteroatoms. The molecule has 22 heavy (non-hydrogen) atoms. The Morgan fingerprint density at radius 1 is 1.27 bits per heavy atom. The molecule has 1 N–H and O–H groups in total. The van der Waals surface area contributed by atoms with Crippen LogP contribution < -0.4 is 5.32 Å². The normalized spacial score (nSPS) is 21.0. The molecule has 1 aromatic heterocycles. The van der Waals surface area contributed by atoms with Gasteiger partial charge in [-0.3, -0.25) is 0 Å². The van der Waals surface area contributed by atoms with Crippen LogP contribution in [0.1, 0.15) is 56.7 Å². The van der Waals surface area contributed by atoms with E-state index in [4.69, 9.17) is 9.72 Å². The summed E-state index contributed by atoms with van der Waals surface area (Å²) in [4.78, 5) is 4.75. The van der Waals surface area contributed by atoms with E-state index in [-0.39, 0.29) is 0 Å². The number of allylic oxidation sites excluding steroid dienone is 1. The predicted molar refractivity (Wildman–Crippen MR) is 91.3 cm³/mol. The van der Waals surface area contributed by atoms with Crippen LogP contribution in [0.4, 0.5) is 5.82 Å². The lowest BCUT2D eigenvalue weighted by Crippen LogP contribution is -2.16. The lowest BCUT2D eigenvalue weighted by molar-refractivity contribution is 0.0443. The first-order valence-corrected chi connectivity index (χ1v) is 8.81. The molecule has 0 radical (unpaired) electrons.